The number of hydrogen-bond donors (Lipinski definition) is 1. The molecule has 66 valence electrons. The third-order valence-corrected chi connectivity index (χ3v) is 1.68. The molecule has 0 aliphatic rings. The Morgan fingerprint density at radius 2 is 2.23 bits per heavy atom. The number of aromatic nitrogens is 2. The average molecular weight is 178 g/mol. The summed E-state index contributed by atoms with van der Waals surface area (Å²) in [6.07, 6.45) is 3.20. The summed E-state index contributed by atoms with van der Waals surface area (Å²) in [6.45, 7) is 0. The van der Waals surface area contributed by atoms with E-state index < -0.39 is 5.82 Å². The lowest BCUT2D eigenvalue weighted by Gasteiger charge is -2.02. The number of halogens is 1. The zero-order valence-electron chi connectivity index (χ0n) is 6.68. The van der Waals surface area contributed by atoms with Gasteiger partial charge < -0.3 is 5.11 Å². The van der Waals surface area contributed by atoms with Crippen LogP contribution in [0.2, 0.25) is 0 Å². The number of hydrogen-bond acceptors (Lipinski definition) is 2. The molecule has 0 amide bonds. The fraction of sp³-hybridized carbons (Fsp3) is 0. The highest BCUT2D eigenvalue weighted by Crippen LogP contribution is 2.17. The minimum Gasteiger partial charge on any atom is -0.508 e. The van der Waals surface area contributed by atoms with Crippen LogP contribution in [0.15, 0.2) is 36.7 Å². The fourth-order valence-electron chi connectivity index (χ4n) is 1.09. The number of phenolic OH excluding ortho intramolecular Hbond substituents is 1. The van der Waals surface area contributed by atoms with E-state index in [1.54, 1.807) is 18.5 Å². The van der Waals surface area contributed by atoms with Crippen molar-refractivity contribution in [3.05, 3.63) is 42.5 Å². The summed E-state index contributed by atoms with van der Waals surface area (Å²) in [7, 11) is 0. The van der Waals surface area contributed by atoms with Gasteiger partial charge in [0.1, 0.15) is 11.4 Å². The van der Waals surface area contributed by atoms with Gasteiger partial charge in [0, 0.05) is 18.5 Å². The first-order valence-electron chi connectivity index (χ1n) is 3.76. The van der Waals surface area contributed by atoms with Crippen molar-refractivity contribution >= 4 is 0 Å². The molecule has 4 heteroatoms. The minimum absolute atomic E-state index is 0.0894. The standard InChI is InChI=1S/C9H7FN2O/c10-8-6-7(13)2-3-9(8)12-5-1-4-11-12/h1-6,13H. The van der Waals surface area contributed by atoms with Crippen molar-refractivity contribution < 1.29 is 9.50 Å². The van der Waals surface area contributed by atoms with Crippen molar-refractivity contribution in [2.75, 3.05) is 0 Å². The van der Waals surface area contributed by atoms with Gasteiger partial charge in [0.15, 0.2) is 5.82 Å². The van der Waals surface area contributed by atoms with Crippen LogP contribution in [0.1, 0.15) is 0 Å². The maximum Gasteiger partial charge on any atom is 0.152 e. The van der Waals surface area contributed by atoms with Crippen LogP contribution in [0.4, 0.5) is 4.39 Å². The Morgan fingerprint density at radius 3 is 2.85 bits per heavy atom. The molecule has 0 spiro atoms. The van der Waals surface area contributed by atoms with Gasteiger partial charge in [0.25, 0.3) is 0 Å². The Bertz CT molecular complexity index is 412. The third-order valence-electron chi connectivity index (χ3n) is 1.68. The van der Waals surface area contributed by atoms with Crippen LogP contribution in [0.25, 0.3) is 5.69 Å². The van der Waals surface area contributed by atoms with E-state index in [0.29, 0.717) is 5.69 Å². The van der Waals surface area contributed by atoms with E-state index in [1.165, 1.54) is 16.8 Å². The molecule has 0 atom stereocenters. The lowest BCUT2D eigenvalue weighted by molar-refractivity contribution is 0.468. The van der Waals surface area contributed by atoms with Crippen molar-refractivity contribution in [1.29, 1.82) is 0 Å². The molecule has 0 unspecified atom stereocenters. The van der Waals surface area contributed by atoms with Gasteiger partial charge in [-0.2, -0.15) is 5.10 Å². The Morgan fingerprint density at radius 1 is 1.38 bits per heavy atom. The normalized spacial score (nSPS) is 10.2. The SMILES string of the molecule is Oc1ccc(-n2cccn2)c(F)c1. The molecule has 0 saturated carbocycles. The van der Waals surface area contributed by atoms with Gasteiger partial charge in [-0.15, -0.1) is 0 Å². The highest BCUT2D eigenvalue weighted by molar-refractivity contribution is 5.37. The lowest BCUT2D eigenvalue weighted by Crippen LogP contribution is -1.97. The molecule has 0 radical (unpaired) electrons. The molecule has 0 fully saturated rings. The van der Waals surface area contributed by atoms with Gasteiger partial charge in [-0.05, 0) is 18.2 Å². The zero-order chi connectivity index (χ0) is 9.26. The molecular formula is C9H7FN2O. The fourth-order valence-corrected chi connectivity index (χ4v) is 1.09. The summed E-state index contributed by atoms with van der Waals surface area (Å²) in [5, 5.41) is 12.8. The van der Waals surface area contributed by atoms with Crippen molar-refractivity contribution in [2.45, 2.75) is 0 Å². The predicted molar refractivity (Wildman–Crippen MR) is 45.2 cm³/mol. The lowest BCUT2D eigenvalue weighted by atomic mass is 10.3. The summed E-state index contributed by atoms with van der Waals surface area (Å²) >= 11 is 0. The number of nitrogens with zero attached hydrogens (tertiary/aromatic N) is 2. The summed E-state index contributed by atoms with van der Waals surface area (Å²) in [6, 6.07) is 5.64. The molecule has 1 heterocycles. The van der Waals surface area contributed by atoms with Crippen LogP contribution in [0.3, 0.4) is 0 Å². The minimum atomic E-state index is -0.497. The largest absolute Gasteiger partial charge is 0.508 e. The molecular weight excluding hydrogens is 171 g/mol. The van der Waals surface area contributed by atoms with Gasteiger partial charge in [0.2, 0.25) is 0 Å². The van der Waals surface area contributed by atoms with Crippen molar-refractivity contribution in [2.24, 2.45) is 0 Å². The van der Waals surface area contributed by atoms with Gasteiger partial charge in [0.05, 0.1) is 0 Å². The van der Waals surface area contributed by atoms with Crippen LogP contribution in [0, 0.1) is 5.82 Å². The molecule has 0 aliphatic heterocycles. The molecule has 0 aliphatic carbocycles. The van der Waals surface area contributed by atoms with E-state index in [4.69, 9.17) is 5.11 Å². The second kappa shape index (κ2) is 2.90. The van der Waals surface area contributed by atoms with E-state index in [1.807, 2.05) is 0 Å². The molecule has 3 nitrogen and oxygen atoms in total. The second-order valence-electron chi connectivity index (χ2n) is 2.59. The summed E-state index contributed by atoms with van der Waals surface area (Å²) in [5.41, 5.74) is 0.322. The second-order valence-corrected chi connectivity index (χ2v) is 2.59. The first-order chi connectivity index (χ1) is 6.27. The van der Waals surface area contributed by atoms with E-state index in [-0.39, 0.29) is 5.75 Å². The number of phenols is 1. The summed E-state index contributed by atoms with van der Waals surface area (Å²) in [5.74, 6) is -0.586. The van der Waals surface area contributed by atoms with Gasteiger partial charge in [-0.1, -0.05) is 0 Å². The average Bonchev–Trinajstić information content (AvgIpc) is 2.56. The molecule has 0 saturated heterocycles. The van der Waals surface area contributed by atoms with Gasteiger partial charge in [-0.3, -0.25) is 0 Å². The van der Waals surface area contributed by atoms with Crippen LogP contribution < -0.4 is 0 Å². The topological polar surface area (TPSA) is 38.0 Å². The molecule has 1 N–H and O–H groups in total. The van der Waals surface area contributed by atoms with E-state index in [9.17, 15) is 4.39 Å². The molecule has 2 aromatic rings. The van der Waals surface area contributed by atoms with Crippen LogP contribution >= 0.6 is 0 Å². The van der Waals surface area contributed by atoms with Crippen molar-refractivity contribution in [1.82, 2.24) is 9.78 Å². The highest BCUT2D eigenvalue weighted by atomic mass is 19.1. The van der Waals surface area contributed by atoms with E-state index >= 15 is 0 Å². The number of rotatable bonds is 1. The van der Waals surface area contributed by atoms with Crippen molar-refractivity contribution in [3.63, 3.8) is 0 Å². The maximum absolute atomic E-state index is 13.2. The molecule has 0 bridgehead atoms. The first-order valence-corrected chi connectivity index (χ1v) is 3.76. The Hall–Kier alpha value is -1.84. The smallest absolute Gasteiger partial charge is 0.152 e. The predicted octanol–water partition coefficient (Wildman–Crippen LogP) is 1.72. The number of benzene rings is 1. The maximum atomic E-state index is 13.2. The van der Waals surface area contributed by atoms with Gasteiger partial charge >= 0.3 is 0 Å². The summed E-state index contributed by atoms with van der Waals surface area (Å²) < 4.78 is 14.6. The van der Waals surface area contributed by atoms with Crippen LogP contribution in [-0.4, -0.2) is 14.9 Å². The molecule has 2 rings (SSSR count). The molecule has 1 aromatic heterocycles. The van der Waals surface area contributed by atoms with E-state index in [0.717, 1.165) is 6.07 Å². The number of aromatic hydroxyl groups is 1. The Balaban J connectivity index is 2.53. The van der Waals surface area contributed by atoms with Crippen LogP contribution in [-0.2, 0) is 0 Å². The third kappa shape index (κ3) is 1.38. The first kappa shape index (κ1) is 7.79. The van der Waals surface area contributed by atoms with Gasteiger partial charge in [-0.25, -0.2) is 9.07 Å². The Kier molecular flexibility index (Phi) is 1.73. The monoisotopic (exact) mass is 178 g/mol. The quantitative estimate of drug-likeness (QED) is 0.721. The zero-order valence-corrected chi connectivity index (χ0v) is 6.68. The molecule has 13 heavy (non-hydrogen) atoms. The highest BCUT2D eigenvalue weighted by Gasteiger charge is 2.04. The van der Waals surface area contributed by atoms with E-state index in [2.05, 4.69) is 5.10 Å². The Labute approximate surface area is 74.1 Å². The summed E-state index contributed by atoms with van der Waals surface area (Å²) in [4.78, 5) is 0. The van der Waals surface area contributed by atoms with Crippen molar-refractivity contribution in [3.8, 4) is 11.4 Å². The molecule has 1 aromatic carbocycles. The van der Waals surface area contributed by atoms with Crippen LogP contribution in [0.5, 0.6) is 5.75 Å².